The first-order valence-corrected chi connectivity index (χ1v) is 9.96. The largest absolute Gasteiger partial charge is 0.504 e. The van der Waals surface area contributed by atoms with Crippen LogP contribution in [0.2, 0.25) is 0 Å². The van der Waals surface area contributed by atoms with Gasteiger partial charge in [0.25, 0.3) is 0 Å². The molecule has 4 rings (SSSR count). The molecule has 0 radical (unpaired) electrons. The standard InChI is InChI=1S/C25H22O8/c1-25(31-3)17(10-15-6-8-18(26)20(28)11-15)23-22(33-25)13-16(32-24(23)29)7-4-14-5-9-19(27)21(12-14)30-2/h4-13,26-28H,1-3H3/b7-4+,17-10-/t25-/m0/s1. The highest BCUT2D eigenvalue weighted by molar-refractivity contribution is 5.90. The van der Waals surface area contributed by atoms with Crippen LogP contribution in [0.25, 0.3) is 23.8 Å². The van der Waals surface area contributed by atoms with E-state index in [2.05, 4.69) is 0 Å². The predicted octanol–water partition coefficient (Wildman–Crippen LogP) is 4.23. The zero-order valence-corrected chi connectivity index (χ0v) is 18.2. The van der Waals surface area contributed by atoms with Crippen molar-refractivity contribution < 1.29 is 33.9 Å². The number of phenolic OH excluding ortho intramolecular Hbond substituents is 3. The first-order chi connectivity index (χ1) is 15.7. The molecule has 0 aliphatic carbocycles. The molecule has 0 fully saturated rings. The highest BCUT2D eigenvalue weighted by atomic mass is 16.7. The predicted molar refractivity (Wildman–Crippen MR) is 122 cm³/mol. The summed E-state index contributed by atoms with van der Waals surface area (Å²) in [5.74, 6) is -0.926. The van der Waals surface area contributed by atoms with Gasteiger partial charge < -0.3 is 33.9 Å². The molecular formula is C25H22O8. The minimum absolute atomic E-state index is 0.0206. The Morgan fingerprint density at radius 1 is 0.909 bits per heavy atom. The van der Waals surface area contributed by atoms with Crippen LogP contribution in [0.3, 0.4) is 0 Å². The van der Waals surface area contributed by atoms with Gasteiger partial charge in [0.05, 0.1) is 7.11 Å². The van der Waals surface area contributed by atoms with Crippen molar-refractivity contribution in [3.63, 3.8) is 0 Å². The van der Waals surface area contributed by atoms with Crippen molar-refractivity contribution in [1.82, 2.24) is 0 Å². The van der Waals surface area contributed by atoms with Crippen molar-refractivity contribution in [2.24, 2.45) is 0 Å². The molecule has 3 N–H and O–H groups in total. The first-order valence-electron chi connectivity index (χ1n) is 9.96. The summed E-state index contributed by atoms with van der Waals surface area (Å²) < 4.78 is 22.1. The Hall–Kier alpha value is -4.17. The van der Waals surface area contributed by atoms with Gasteiger partial charge in [0, 0.05) is 25.7 Å². The molecule has 8 heteroatoms. The molecule has 2 aromatic carbocycles. The van der Waals surface area contributed by atoms with Gasteiger partial charge in [-0.25, -0.2) is 4.79 Å². The molecule has 1 aromatic heterocycles. The molecule has 0 saturated heterocycles. The third-order valence-electron chi connectivity index (χ3n) is 5.34. The van der Waals surface area contributed by atoms with Crippen molar-refractivity contribution in [2.45, 2.75) is 12.7 Å². The third kappa shape index (κ3) is 4.16. The number of methoxy groups -OCH3 is 2. The van der Waals surface area contributed by atoms with Gasteiger partial charge in [-0.2, -0.15) is 0 Å². The SMILES string of the molecule is COc1cc(/C=C/c2cc3c(c(=O)o2)/C(=C/c2ccc(O)c(O)c2)[C@@](C)(OC)O3)ccc1O. The Bertz CT molecular complexity index is 1330. The Morgan fingerprint density at radius 3 is 2.33 bits per heavy atom. The fourth-order valence-corrected chi connectivity index (χ4v) is 3.51. The zero-order valence-electron chi connectivity index (χ0n) is 18.2. The van der Waals surface area contributed by atoms with Crippen molar-refractivity contribution in [2.75, 3.05) is 14.2 Å². The number of hydrogen-bond acceptors (Lipinski definition) is 8. The Labute approximate surface area is 189 Å². The maximum atomic E-state index is 12.9. The summed E-state index contributed by atoms with van der Waals surface area (Å²) in [6, 6.07) is 10.7. The number of benzene rings is 2. The molecule has 1 aliphatic rings. The smallest absolute Gasteiger partial charge is 0.347 e. The first kappa shape index (κ1) is 22.0. The van der Waals surface area contributed by atoms with Crippen molar-refractivity contribution in [1.29, 1.82) is 0 Å². The fourth-order valence-electron chi connectivity index (χ4n) is 3.51. The lowest BCUT2D eigenvalue weighted by Gasteiger charge is -2.23. The van der Waals surface area contributed by atoms with E-state index in [-0.39, 0.29) is 34.3 Å². The summed E-state index contributed by atoms with van der Waals surface area (Å²) in [5, 5.41) is 29.1. The zero-order chi connectivity index (χ0) is 23.8. The second kappa shape index (κ2) is 8.40. The van der Waals surface area contributed by atoms with E-state index in [1.54, 1.807) is 49.4 Å². The maximum Gasteiger partial charge on any atom is 0.347 e. The number of aromatic hydroxyl groups is 3. The molecule has 0 unspecified atom stereocenters. The minimum Gasteiger partial charge on any atom is -0.504 e. The number of hydrogen-bond donors (Lipinski definition) is 3. The van der Waals surface area contributed by atoms with Gasteiger partial charge >= 0.3 is 5.63 Å². The van der Waals surface area contributed by atoms with Crippen molar-refractivity contribution in [3.8, 4) is 28.7 Å². The maximum absolute atomic E-state index is 12.9. The Morgan fingerprint density at radius 2 is 1.64 bits per heavy atom. The van der Waals surface area contributed by atoms with Crippen molar-refractivity contribution >= 4 is 23.8 Å². The second-order valence-electron chi connectivity index (χ2n) is 7.50. The normalized spacial score (nSPS) is 18.5. The van der Waals surface area contributed by atoms with Crippen LogP contribution < -0.4 is 15.1 Å². The molecule has 33 heavy (non-hydrogen) atoms. The van der Waals surface area contributed by atoms with Crippen LogP contribution in [-0.4, -0.2) is 35.3 Å². The number of ether oxygens (including phenoxy) is 3. The van der Waals surface area contributed by atoms with Crippen LogP contribution in [0, 0.1) is 0 Å². The van der Waals surface area contributed by atoms with Gasteiger partial charge in [-0.05, 0) is 47.5 Å². The lowest BCUT2D eigenvalue weighted by atomic mass is 9.99. The van der Waals surface area contributed by atoms with Crippen LogP contribution >= 0.6 is 0 Å². The summed E-state index contributed by atoms with van der Waals surface area (Å²) in [5.41, 5.74) is 1.26. The summed E-state index contributed by atoms with van der Waals surface area (Å²) >= 11 is 0. The van der Waals surface area contributed by atoms with Gasteiger partial charge in [-0.3, -0.25) is 0 Å². The number of rotatable bonds is 5. The number of phenols is 3. The van der Waals surface area contributed by atoms with Crippen LogP contribution in [0.5, 0.6) is 28.7 Å². The molecule has 1 aliphatic heterocycles. The summed E-state index contributed by atoms with van der Waals surface area (Å²) in [7, 11) is 2.91. The summed E-state index contributed by atoms with van der Waals surface area (Å²) in [4.78, 5) is 12.9. The molecule has 0 saturated carbocycles. The lowest BCUT2D eigenvalue weighted by Crippen LogP contribution is -2.31. The van der Waals surface area contributed by atoms with E-state index in [0.717, 1.165) is 5.56 Å². The fraction of sp³-hybridized carbons (Fsp3) is 0.160. The topological polar surface area (TPSA) is 119 Å². The Kier molecular flexibility index (Phi) is 5.61. The van der Waals surface area contributed by atoms with E-state index in [4.69, 9.17) is 18.6 Å². The summed E-state index contributed by atoms with van der Waals surface area (Å²) in [6.45, 7) is 1.66. The molecule has 3 aromatic rings. The van der Waals surface area contributed by atoms with E-state index in [9.17, 15) is 20.1 Å². The van der Waals surface area contributed by atoms with Gasteiger partial charge in [-0.1, -0.05) is 18.2 Å². The van der Waals surface area contributed by atoms with E-state index < -0.39 is 11.4 Å². The van der Waals surface area contributed by atoms with Gasteiger partial charge in [0.2, 0.25) is 5.79 Å². The molecule has 0 spiro atoms. The highest BCUT2D eigenvalue weighted by Crippen LogP contribution is 2.44. The Balaban J connectivity index is 1.74. The third-order valence-corrected chi connectivity index (χ3v) is 5.34. The molecule has 8 nitrogen and oxygen atoms in total. The monoisotopic (exact) mass is 450 g/mol. The van der Waals surface area contributed by atoms with Gasteiger partial charge in [0.15, 0.2) is 23.0 Å². The molecule has 0 amide bonds. The van der Waals surface area contributed by atoms with Crippen LogP contribution in [0.15, 0.2) is 51.7 Å². The molecule has 0 bridgehead atoms. The second-order valence-corrected chi connectivity index (χ2v) is 7.50. The van der Waals surface area contributed by atoms with Crippen LogP contribution in [-0.2, 0) is 4.74 Å². The molecule has 1 atom stereocenters. The highest BCUT2D eigenvalue weighted by Gasteiger charge is 2.43. The van der Waals surface area contributed by atoms with E-state index in [0.29, 0.717) is 16.9 Å². The van der Waals surface area contributed by atoms with Crippen LogP contribution in [0.4, 0.5) is 0 Å². The molecular weight excluding hydrogens is 428 g/mol. The quantitative estimate of drug-likeness (QED) is 0.494. The minimum atomic E-state index is -1.27. The average Bonchev–Trinajstić information content (AvgIpc) is 3.08. The molecule has 2 heterocycles. The average molecular weight is 450 g/mol. The summed E-state index contributed by atoms with van der Waals surface area (Å²) in [6.07, 6.45) is 4.93. The van der Waals surface area contributed by atoms with E-state index in [1.807, 2.05) is 0 Å². The number of fused-ring (bicyclic) bond motifs is 1. The van der Waals surface area contributed by atoms with Gasteiger partial charge in [0.1, 0.15) is 17.1 Å². The lowest BCUT2D eigenvalue weighted by molar-refractivity contribution is -0.0912. The van der Waals surface area contributed by atoms with Crippen molar-refractivity contribution in [3.05, 3.63) is 75.3 Å². The van der Waals surface area contributed by atoms with Crippen LogP contribution in [0.1, 0.15) is 29.4 Å². The van der Waals surface area contributed by atoms with E-state index in [1.165, 1.54) is 32.4 Å². The van der Waals surface area contributed by atoms with E-state index >= 15 is 0 Å². The van der Waals surface area contributed by atoms with Gasteiger partial charge in [-0.15, -0.1) is 0 Å². The molecule has 170 valence electrons.